The van der Waals surface area contributed by atoms with E-state index in [2.05, 4.69) is 15.2 Å². The monoisotopic (exact) mass is 469 g/mol. The van der Waals surface area contributed by atoms with E-state index in [4.69, 9.17) is 20.8 Å². The fourth-order valence-electron chi connectivity index (χ4n) is 2.61. The van der Waals surface area contributed by atoms with Gasteiger partial charge in [0.2, 0.25) is 5.95 Å². The largest absolute Gasteiger partial charge is 0.454 e. The zero-order chi connectivity index (χ0) is 24.0. The SMILES string of the molecule is Cc1ccc(S(=O)(=O)O)cc1.Nc1nnc(-c2ccc(F)c(Oc3ccccc3)c2)c(N)n1. The summed E-state index contributed by atoms with van der Waals surface area (Å²) in [6, 6.07) is 19.2. The number of halogens is 1. The quantitative estimate of drug-likeness (QED) is 0.378. The van der Waals surface area contributed by atoms with E-state index < -0.39 is 15.9 Å². The first kappa shape index (κ1) is 23.6. The maximum absolute atomic E-state index is 13.9. The summed E-state index contributed by atoms with van der Waals surface area (Å²) in [6.07, 6.45) is 0. The summed E-state index contributed by atoms with van der Waals surface area (Å²) in [7, 11) is -4.02. The van der Waals surface area contributed by atoms with Gasteiger partial charge < -0.3 is 16.2 Å². The van der Waals surface area contributed by atoms with Gasteiger partial charge in [-0.2, -0.15) is 13.4 Å². The van der Waals surface area contributed by atoms with Gasteiger partial charge in [-0.05, 0) is 49.4 Å². The molecule has 0 atom stereocenters. The van der Waals surface area contributed by atoms with Gasteiger partial charge in [0.25, 0.3) is 10.1 Å². The lowest BCUT2D eigenvalue weighted by molar-refractivity contribution is 0.442. The Morgan fingerprint density at radius 2 is 1.61 bits per heavy atom. The lowest BCUT2D eigenvalue weighted by Crippen LogP contribution is -2.04. The number of nitrogens with zero attached hydrogens (tertiary/aromatic N) is 3. The predicted octanol–water partition coefficient (Wildman–Crippen LogP) is 3.88. The van der Waals surface area contributed by atoms with E-state index in [-0.39, 0.29) is 22.4 Å². The zero-order valence-corrected chi connectivity index (χ0v) is 18.2. The molecule has 0 fully saturated rings. The molecule has 0 radical (unpaired) electrons. The summed E-state index contributed by atoms with van der Waals surface area (Å²) in [5, 5.41) is 7.54. The van der Waals surface area contributed by atoms with Crippen LogP contribution >= 0.6 is 0 Å². The van der Waals surface area contributed by atoms with Crippen molar-refractivity contribution >= 4 is 21.9 Å². The molecule has 0 aliphatic carbocycles. The second-order valence-corrected chi connectivity index (χ2v) is 8.17. The molecule has 5 N–H and O–H groups in total. The third-order valence-electron chi connectivity index (χ3n) is 4.22. The van der Waals surface area contributed by atoms with Crippen molar-refractivity contribution in [3.63, 3.8) is 0 Å². The van der Waals surface area contributed by atoms with E-state index in [1.54, 1.807) is 36.4 Å². The highest BCUT2D eigenvalue weighted by Crippen LogP contribution is 2.30. The molecule has 1 aromatic heterocycles. The van der Waals surface area contributed by atoms with E-state index in [0.717, 1.165) is 5.56 Å². The highest BCUT2D eigenvalue weighted by molar-refractivity contribution is 7.85. The van der Waals surface area contributed by atoms with E-state index in [1.807, 2.05) is 13.0 Å². The van der Waals surface area contributed by atoms with Crippen molar-refractivity contribution in [3.8, 4) is 22.8 Å². The fraction of sp³-hybridized carbons (Fsp3) is 0.0455. The average molecular weight is 469 g/mol. The van der Waals surface area contributed by atoms with Crippen LogP contribution in [0.4, 0.5) is 16.2 Å². The number of aryl methyl sites for hydroxylation is 1. The molecular weight excluding hydrogens is 449 g/mol. The third kappa shape index (κ3) is 6.45. The van der Waals surface area contributed by atoms with Crippen LogP contribution in [0.5, 0.6) is 11.5 Å². The van der Waals surface area contributed by atoms with Gasteiger partial charge in [0.1, 0.15) is 11.4 Å². The van der Waals surface area contributed by atoms with Gasteiger partial charge in [0.05, 0.1) is 4.90 Å². The summed E-state index contributed by atoms with van der Waals surface area (Å²) >= 11 is 0. The van der Waals surface area contributed by atoms with E-state index in [9.17, 15) is 12.8 Å². The smallest absolute Gasteiger partial charge is 0.294 e. The number of rotatable bonds is 4. The number of para-hydroxylation sites is 1. The van der Waals surface area contributed by atoms with Crippen LogP contribution in [0.15, 0.2) is 77.7 Å². The third-order valence-corrected chi connectivity index (χ3v) is 5.09. The molecule has 0 aliphatic rings. The molecule has 0 saturated carbocycles. The molecule has 0 bridgehead atoms. The normalized spacial score (nSPS) is 10.8. The number of anilines is 2. The lowest BCUT2D eigenvalue weighted by atomic mass is 10.1. The van der Waals surface area contributed by atoms with Gasteiger partial charge in [-0.25, -0.2) is 4.39 Å². The van der Waals surface area contributed by atoms with Gasteiger partial charge in [-0.1, -0.05) is 35.9 Å². The molecule has 3 aromatic carbocycles. The summed E-state index contributed by atoms with van der Waals surface area (Å²) < 4.78 is 49.0. The molecule has 11 heteroatoms. The Bertz CT molecular complexity index is 1350. The second kappa shape index (κ2) is 10.0. The van der Waals surface area contributed by atoms with Gasteiger partial charge in [-0.3, -0.25) is 4.55 Å². The van der Waals surface area contributed by atoms with Crippen LogP contribution in [0, 0.1) is 12.7 Å². The van der Waals surface area contributed by atoms with Crippen LogP contribution in [-0.2, 0) is 10.1 Å². The van der Waals surface area contributed by atoms with Crippen molar-refractivity contribution < 1.29 is 22.1 Å². The Labute approximate surface area is 189 Å². The molecule has 1 heterocycles. The van der Waals surface area contributed by atoms with Gasteiger partial charge >= 0.3 is 0 Å². The fourth-order valence-corrected chi connectivity index (χ4v) is 3.09. The van der Waals surface area contributed by atoms with Crippen molar-refractivity contribution in [3.05, 3.63) is 84.2 Å². The molecular formula is C22H20FN5O4S. The van der Waals surface area contributed by atoms with Crippen LogP contribution in [0.2, 0.25) is 0 Å². The summed E-state index contributed by atoms with van der Waals surface area (Å²) in [4.78, 5) is 3.77. The molecule has 4 rings (SSSR count). The maximum Gasteiger partial charge on any atom is 0.294 e. The number of nitrogens with two attached hydrogens (primary N) is 2. The van der Waals surface area contributed by atoms with Crippen LogP contribution in [0.1, 0.15) is 5.56 Å². The Balaban J connectivity index is 0.000000235. The lowest BCUT2D eigenvalue weighted by Gasteiger charge is -2.09. The van der Waals surface area contributed by atoms with E-state index in [1.165, 1.54) is 30.3 Å². The van der Waals surface area contributed by atoms with Gasteiger partial charge in [-0.15, -0.1) is 10.2 Å². The molecule has 0 spiro atoms. The first-order valence-corrected chi connectivity index (χ1v) is 10.9. The van der Waals surface area contributed by atoms with Gasteiger partial charge in [0, 0.05) is 5.56 Å². The first-order chi connectivity index (χ1) is 15.6. The Morgan fingerprint density at radius 3 is 2.21 bits per heavy atom. The number of aromatic nitrogens is 3. The van der Waals surface area contributed by atoms with Crippen LogP contribution in [0.3, 0.4) is 0 Å². The molecule has 33 heavy (non-hydrogen) atoms. The van der Waals surface area contributed by atoms with Crippen molar-refractivity contribution in [2.45, 2.75) is 11.8 Å². The molecule has 4 aromatic rings. The van der Waals surface area contributed by atoms with Crippen LogP contribution < -0.4 is 16.2 Å². The maximum atomic E-state index is 13.9. The molecule has 9 nitrogen and oxygen atoms in total. The van der Waals surface area contributed by atoms with Crippen LogP contribution in [0.25, 0.3) is 11.3 Å². The van der Waals surface area contributed by atoms with Gasteiger partial charge in [0.15, 0.2) is 17.4 Å². The molecule has 0 aliphatic heterocycles. The number of nitrogen functional groups attached to an aromatic ring is 2. The minimum atomic E-state index is -4.02. The molecule has 0 amide bonds. The van der Waals surface area contributed by atoms with E-state index >= 15 is 0 Å². The second-order valence-electron chi connectivity index (χ2n) is 6.75. The number of ether oxygens (including phenoxy) is 1. The molecule has 0 unspecified atom stereocenters. The van der Waals surface area contributed by atoms with Crippen LogP contribution in [-0.4, -0.2) is 28.2 Å². The zero-order valence-electron chi connectivity index (χ0n) is 17.4. The Morgan fingerprint density at radius 1 is 0.939 bits per heavy atom. The molecule has 170 valence electrons. The number of benzene rings is 3. The first-order valence-electron chi connectivity index (χ1n) is 9.46. The summed E-state index contributed by atoms with van der Waals surface area (Å²) in [6.45, 7) is 1.84. The average Bonchev–Trinajstić information content (AvgIpc) is 2.76. The van der Waals surface area contributed by atoms with Crippen molar-refractivity contribution in [2.75, 3.05) is 11.5 Å². The highest BCUT2D eigenvalue weighted by atomic mass is 32.2. The predicted molar refractivity (Wildman–Crippen MR) is 122 cm³/mol. The summed E-state index contributed by atoms with van der Waals surface area (Å²) in [5.74, 6) is 0.172. The standard InChI is InChI=1S/C15H12FN5O.C7H8O3S/c16-11-7-6-9(13-14(17)19-15(18)21-20-13)8-12(11)22-10-4-2-1-3-5-10;1-6-2-4-7(5-3-6)11(8,9)10/h1-8H,(H4,17,18,19,21);2-5H,1H3,(H,8,9,10). The Hall–Kier alpha value is -4.09. The molecule has 0 saturated heterocycles. The highest BCUT2D eigenvalue weighted by Gasteiger charge is 2.12. The number of hydrogen-bond donors (Lipinski definition) is 3. The summed E-state index contributed by atoms with van der Waals surface area (Å²) in [5.41, 5.74) is 13.0. The van der Waals surface area contributed by atoms with E-state index in [0.29, 0.717) is 17.0 Å². The Kier molecular flexibility index (Phi) is 7.16. The number of hydrogen-bond acceptors (Lipinski definition) is 8. The minimum Gasteiger partial charge on any atom is -0.454 e. The van der Waals surface area contributed by atoms with Crippen molar-refractivity contribution in [1.29, 1.82) is 0 Å². The van der Waals surface area contributed by atoms with Crippen molar-refractivity contribution in [1.82, 2.24) is 15.2 Å². The van der Waals surface area contributed by atoms with Crippen molar-refractivity contribution in [2.24, 2.45) is 0 Å². The topological polar surface area (TPSA) is 154 Å². The minimum absolute atomic E-state index is 0.0240.